The highest BCUT2D eigenvalue weighted by Crippen LogP contribution is 2.55. The van der Waals surface area contributed by atoms with Crippen molar-refractivity contribution in [1.29, 1.82) is 0 Å². The Morgan fingerprint density at radius 1 is 1.22 bits per heavy atom. The maximum absolute atomic E-state index is 12.7. The molecule has 0 aliphatic carbocycles. The number of rotatable bonds is 2. The average Bonchev–Trinajstić information content (AvgIpc) is 2.59. The number of carboxylic acid groups (broad SMARTS) is 1. The van der Waals surface area contributed by atoms with Gasteiger partial charge in [-0.2, -0.15) is 26.3 Å². The van der Waals surface area contributed by atoms with Gasteiger partial charge >= 0.3 is 18.3 Å². The summed E-state index contributed by atoms with van der Waals surface area (Å²) in [5, 5.41) is 8.61. The van der Waals surface area contributed by atoms with Gasteiger partial charge in [-0.1, -0.05) is 0 Å². The third kappa shape index (κ3) is 2.27. The molecule has 0 spiro atoms. The van der Waals surface area contributed by atoms with Crippen molar-refractivity contribution in [3.8, 4) is 0 Å². The van der Waals surface area contributed by atoms with E-state index in [2.05, 4.69) is 0 Å². The predicted octanol–water partition coefficient (Wildman–Crippen LogP) is 2.28. The van der Waals surface area contributed by atoms with E-state index in [9.17, 15) is 31.1 Å². The van der Waals surface area contributed by atoms with Gasteiger partial charge in [0, 0.05) is 13.1 Å². The molecule has 3 nitrogen and oxygen atoms in total. The summed E-state index contributed by atoms with van der Waals surface area (Å²) in [4.78, 5) is 11.3. The number of nitrogens with zero attached hydrogens (tertiary/aromatic N) is 1. The third-order valence-corrected chi connectivity index (χ3v) is 3.29. The normalized spacial score (nSPS) is 23.1. The minimum absolute atomic E-state index is 0.549. The van der Waals surface area contributed by atoms with Gasteiger partial charge in [0.05, 0.1) is 0 Å². The van der Waals surface area contributed by atoms with Crippen LogP contribution in [0.3, 0.4) is 0 Å². The van der Waals surface area contributed by atoms with Crippen molar-refractivity contribution in [2.24, 2.45) is 5.41 Å². The fourth-order valence-electron chi connectivity index (χ4n) is 1.95. The number of aliphatic carboxylic acids is 1. The first-order chi connectivity index (χ1) is 7.92. The quantitative estimate of drug-likeness (QED) is 0.788. The molecule has 9 heteroatoms. The van der Waals surface area contributed by atoms with Crippen LogP contribution in [0.1, 0.15) is 13.3 Å². The standard InChI is InChI=1S/C9H11F6NO2/c1-5(6(17)18)16-3-2-7(4-16,8(10,11)12)9(13,14)15/h5H,2-4H2,1H3,(H,17,18). The summed E-state index contributed by atoms with van der Waals surface area (Å²) in [6, 6.07) is -1.38. The molecular formula is C9H11F6NO2. The summed E-state index contributed by atoms with van der Waals surface area (Å²) in [7, 11) is 0. The topological polar surface area (TPSA) is 40.5 Å². The maximum Gasteiger partial charge on any atom is 0.404 e. The SMILES string of the molecule is CC(C(=O)O)N1CCC(C(F)(F)F)(C(F)(F)F)C1. The maximum atomic E-state index is 12.7. The van der Waals surface area contributed by atoms with Crippen LogP contribution in [0.15, 0.2) is 0 Å². The summed E-state index contributed by atoms with van der Waals surface area (Å²) in [6.45, 7) is -0.856. The lowest BCUT2D eigenvalue weighted by Gasteiger charge is -2.34. The van der Waals surface area contributed by atoms with Gasteiger partial charge < -0.3 is 5.11 Å². The molecule has 1 aliphatic heterocycles. The molecule has 1 aliphatic rings. The van der Waals surface area contributed by atoms with E-state index in [1.807, 2.05) is 0 Å². The molecule has 1 rings (SSSR count). The van der Waals surface area contributed by atoms with Crippen molar-refractivity contribution in [3.05, 3.63) is 0 Å². The van der Waals surface area contributed by atoms with Gasteiger partial charge in [-0.3, -0.25) is 9.69 Å². The van der Waals surface area contributed by atoms with Crippen LogP contribution in [0.5, 0.6) is 0 Å². The van der Waals surface area contributed by atoms with Gasteiger partial charge in [0.15, 0.2) is 5.41 Å². The molecule has 106 valence electrons. The van der Waals surface area contributed by atoms with Crippen LogP contribution in [0.25, 0.3) is 0 Å². The Bertz CT molecular complexity index is 323. The molecule has 0 amide bonds. The summed E-state index contributed by atoms with van der Waals surface area (Å²) in [6.07, 6.45) is -12.1. The lowest BCUT2D eigenvalue weighted by molar-refractivity contribution is -0.335. The largest absolute Gasteiger partial charge is 0.480 e. The number of carbonyl (C=O) groups is 1. The fraction of sp³-hybridized carbons (Fsp3) is 0.889. The van der Waals surface area contributed by atoms with Crippen LogP contribution in [0.4, 0.5) is 26.3 Å². The highest BCUT2D eigenvalue weighted by atomic mass is 19.4. The predicted molar refractivity (Wildman–Crippen MR) is 47.8 cm³/mol. The first-order valence-corrected chi connectivity index (χ1v) is 5.03. The second-order valence-corrected chi connectivity index (χ2v) is 4.31. The van der Waals surface area contributed by atoms with Crippen molar-refractivity contribution in [2.45, 2.75) is 31.7 Å². The van der Waals surface area contributed by atoms with E-state index in [4.69, 9.17) is 5.11 Å². The number of hydrogen-bond acceptors (Lipinski definition) is 2. The Kier molecular flexibility index (Phi) is 3.59. The molecule has 0 saturated carbocycles. The molecular weight excluding hydrogens is 268 g/mol. The smallest absolute Gasteiger partial charge is 0.404 e. The summed E-state index contributed by atoms with van der Waals surface area (Å²) < 4.78 is 75.9. The minimum Gasteiger partial charge on any atom is -0.480 e. The van der Waals surface area contributed by atoms with Crippen molar-refractivity contribution < 1.29 is 36.2 Å². The lowest BCUT2D eigenvalue weighted by atomic mass is 9.85. The van der Waals surface area contributed by atoms with Crippen molar-refractivity contribution in [3.63, 3.8) is 0 Å². The van der Waals surface area contributed by atoms with Gasteiger partial charge in [-0.25, -0.2) is 0 Å². The Labute approximate surface area is 98.4 Å². The van der Waals surface area contributed by atoms with Gasteiger partial charge in [0.25, 0.3) is 0 Å². The molecule has 0 aromatic heterocycles. The zero-order valence-corrected chi connectivity index (χ0v) is 9.27. The Morgan fingerprint density at radius 2 is 1.67 bits per heavy atom. The second-order valence-electron chi connectivity index (χ2n) is 4.31. The average molecular weight is 279 g/mol. The molecule has 0 bridgehead atoms. The molecule has 0 aromatic carbocycles. The Hall–Kier alpha value is -0.990. The van der Waals surface area contributed by atoms with Crippen LogP contribution in [-0.2, 0) is 4.79 Å². The van der Waals surface area contributed by atoms with Gasteiger partial charge in [0.1, 0.15) is 6.04 Å². The van der Waals surface area contributed by atoms with E-state index in [0.29, 0.717) is 4.90 Å². The molecule has 0 radical (unpaired) electrons. The molecule has 1 atom stereocenters. The highest BCUT2D eigenvalue weighted by Gasteiger charge is 2.72. The monoisotopic (exact) mass is 279 g/mol. The zero-order chi connectivity index (χ0) is 14.4. The number of alkyl halides is 6. The molecule has 1 fully saturated rings. The van der Waals surface area contributed by atoms with Gasteiger partial charge in [0.2, 0.25) is 0 Å². The van der Waals surface area contributed by atoms with E-state index in [-0.39, 0.29) is 0 Å². The van der Waals surface area contributed by atoms with E-state index >= 15 is 0 Å². The first kappa shape index (κ1) is 15.1. The zero-order valence-electron chi connectivity index (χ0n) is 9.27. The van der Waals surface area contributed by atoms with E-state index in [0.717, 1.165) is 6.92 Å². The summed E-state index contributed by atoms with van der Waals surface area (Å²) in [5.74, 6) is -1.45. The van der Waals surface area contributed by atoms with E-state index in [1.54, 1.807) is 0 Å². The molecule has 0 aromatic rings. The van der Waals surface area contributed by atoms with Crippen molar-refractivity contribution in [1.82, 2.24) is 4.90 Å². The van der Waals surface area contributed by atoms with Crippen LogP contribution in [0, 0.1) is 5.41 Å². The number of carboxylic acids is 1. The molecule has 1 saturated heterocycles. The van der Waals surface area contributed by atoms with Crippen LogP contribution in [-0.4, -0.2) is 47.5 Å². The number of halogens is 6. The van der Waals surface area contributed by atoms with Crippen LogP contribution >= 0.6 is 0 Å². The van der Waals surface area contributed by atoms with Crippen LogP contribution < -0.4 is 0 Å². The first-order valence-electron chi connectivity index (χ1n) is 5.03. The highest BCUT2D eigenvalue weighted by molar-refractivity contribution is 5.72. The second kappa shape index (κ2) is 4.29. The van der Waals surface area contributed by atoms with Crippen molar-refractivity contribution in [2.75, 3.05) is 13.1 Å². The van der Waals surface area contributed by atoms with Crippen molar-refractivity contribution >= 4 is 5.97 Å². The van der Waals surface area contributed by atoms with Gasteiger partial charge in [-0.15, -0.1) is 0 Å². The summed E-state index contributed by atoms with van der Waals surface area (Å²) in [5.41, 5.74) is -3.83. The molecule has 18 heavy (non-hydrogen) atoms. The molecule has 1 heterocycles. The Balaban J connectivity index is 3.03. The lowest BCUT2D eigenvalue weighted by Crippen LogP contribution is -2.52. The Morgan fingerprint density at radius 3 is 1.94 bits per heavy atom. The number of hydrogen-bond donors (Lipinski definition) is 1. The minimum atomic E-state index is -5.45. The van der Waals surface area contributed by atoms with E-state index in [1.165, 1.54) is 0 Å². The number of likely N-dealkylation sites (tertiary alicyclic amines) is 1. The van der Waals surface area contributed by atoms with E-state index < -0.39 is 49.3 Å². The molecule has 1 N–H and O–H groups in total. The van der Waals surface area contributed by atoms with Crippen LogP contribution in [0.2, 0.25) is 0 Å². The molecule has 1 unspecified atom stereocenters. The van der Waals surface area contributed by atoms with Gasteiger partial charge in [-0.05, 0) is 13.3 Å². The third-order valence-electron chi connectivity index (χ3n) is 3.29. The fourth-order valence-corrected chi connectivity index (χ4v) is 1.95. The summed E-state index contributed by atoms with van der Waals surface area (Å²) >= 11 is 0.